The van der Waals surface area contributed by atoms with E-state index in [0.717, 1.165) is 36.7 Å². The van der Waals surface area contributed by atoms with Crippen LogP contribution in [0.15, 0.2) is 12.2 Å². The van der Waals surface area contributed by atoms with E-state index in [1.807, 2.05) is 0 Å². The molecule has 0 heterocycles. The van der Waals surface area contributed by atoms with Gasteiger partial charge in [-0.25, -0.2) is 0 Å². The largest absolute Gasteiger partial charge is 0.381 e. The van der Waals surface area contributed by atoms with Crippen molar-refractivity contribution in [3.8, 4) is 0 Å². The summed E-state index contributed by atoms with van der Waals surface area (Å²) in [5.41, 5.74) is 0. The Balaban J connectivity index is 2.04. The van der Waals surface area contributed by atoms with Crippen LogP contribution in [0.25, 0.3) is 0 Å². The minimum absolute atomic E-state index is 0.741. The zero-order valence-corrected chi connectivity index (χ0v) is 11.6. The molecule has 1 aliphatic rings. The van der Waals surface area contributed by atoms with Crippen LogP contribution in [0, 0.1) is 17.8 Å². The highest BCUT2D eigenvalue weighted by molar-refractivity contribution is 7.80. The van der Waals surface area contributed by atoms with E-state index >= 15 is 0 Å². The smallest absolute Gasteiger partial charge is 0.0499 e. The second-order valence-electron chi connectivity index (χ2n) is 5.16. The summed E-state index contributed by atoms with van der Waals surface area (Å²) in [6.07, 6.45) is 9.41. The number of hydrogen-bond donors (Lipinski definition) is 1. The lowest BCUT2D eigenvalue weighted by Crippen LogP contribution is -2.20. The van der Waals surface area contributed by atoms with Crippen LogP contribution in [-0.4, -0.2) is 19.0 Å². The van der Waals surface area contributed by atoms with Gasteiger partial charge in [-0.15, -0.1) is 0 Å². The number of thiol groups is 1. The van der Waals surface area contributed by atoms with Crippen LogP contribution in [0.3, 0.4) is 0 Å². The molecule has 0 aliphatic heterocycles. The Morgan fingerprint density at radius 2 is 2.06 bits per heavy atom. The average molecular weight is 242 g/mol. The third-order valence-electron chi connectivity index (χ3n) is 3.63. The molecule has 16 heavy (non-hydrogen) atoms. The van der Waals surface area contributed by atoms with Crippen molar-refractivity contribution in [2.75, 3.05) is 19.0 Å². The molecule has 0 aromatic rings. The van der Waals surface area contributed by atoms with Crippen molar-refractivity contribution in [3.05, 3.63) is 12.2 Å². The van der Waals surface area contributed by atoms with E-state index in [1.165, 1.54) is 25.7 Å². The van der Waals surface area contributed by atoms with Gasteiger partial charge < -0.3 is 4.74 Å². The fourth-order valence-electron chi connectivity index (χ4n) is 2.12. The Bertz CT molecular complexity index is 203. The van der Waals surface area contributed by atoms with Crippen molar-refractivity contribution in [3.63, 3.8) is 0 Å². The van der Waals surface area contributed by atoms with E-state index in [-0.39, 0.29) is 0 Å². The van der Waals surface area contributed by atoms with Gasteiger partial charge in [0.2, 0.25) is 0 Å². The molecule has 0 aromatic heterocycles. The lowest BCUT2D eigenvalue weighted by Gasteiger charge is -2.25. The summed E-state index contributed by atoms with van der Waals surface area (Å²) in [6.45, 7) is 6.48. The maximum absolute atomic E-state index is 5.80. The van der Waals surface area contributed by atoms with Crippen LogP contribution < -0.4 is 0 Å². The SMILES string of the molecule is CC(CCS)CCOCC1CC=CCC1C. The third-order valence-corrected chi connectivity index (χ3v) is 3.89. The summed E-state index contributed by atoms with van der Waals surface area (Å²) in [7, 11) is 0. The lowest BCUT2D eigenvalue weighted by atomic mass is 9.85. The van der Waals surface area contributed by atoms with Gasteiger partial charge in [0.1, 0.15) is 0 Å². The van der Waals surface area contributed by atoms with E-state index in [9.17, 15) is 0 Å². The van der Waals surface area contributed by atoms with Crippen molar-refractivity contribution in [1.82, 2.24) is 0 Å². The standard InChI is InChI=1S/C14H26OS/c1-12(8-10-16)7-9-15-11-14-6-4-3-5-13(14)2/h3-4,12-14,16H,5-11H2,1-2H3. The molecule has 0 aromatic carbocycles. The zero-order valence-electron chi connectivity index (χ0n) is 10.7. The summed E-state index contributed by atoms with van der Waals surface area (Å²) < 4.78 is 5.80. The van der Waals surface area contributed by atoms with Gasteiger partial charge in [0.05, 0.1) is 0 Å². The molecule has 0 saturated carbocycles. The van der Waals surface area contributed by atoms with Crippen molar-refractivity contribution in [2.24, 2.45) is 17.8 Å². The molecular weight excluding hydrogens is 216 g/mol. The molecule has 1 aliphatic carbocycles. The van der Waals surface area contributed by atoms with Crippen molar-refractivity contribution in [1.29, 1.82) is 0 Å². The minimum Gasteiger partial charge on any atom is -0.381 e. The predicted molar refractivity (Wildman–Crippen MR) is 74.1 cm³/mol. The molecule has 0 amide bonds. The van der Waals surface area contributed by atoms with E-state index in [4.69, 9.17) is 4.74 Å². The highest BCUT2D eigenvalue weighted by atomic mass is 32.1. The van der Waals surface area contributed by atoms with Gasteiger partial charge in [-0.1, -0.05) is 26.0 Å². The molecule has 1 nitrogen and oxygen atoms in total. The lowest BCUT2D eigenvalue weighted by molar-refractivity contribution is 0.0712. The molecule has 94 valence electrons. The summed E-state index contributed by atoms with van der Waals surface area (Å²) >= 11 is 4.25. The Kier molecular flexibility index (Phi) is 7.22. The van der Waals surface area contributed by atoms with Gasteiger partial charge in [-0.3, -0.25) is 0 Å². The number of rotatable bonds is 7. The van der Waals surface area contributed by atoms with Gasteiger partial charge in [0.25, 0.3) is 0 Å². The van der Waals surface area contributed by atoms with Crippen LogP contribution >= 0.6 is 12.6 Å². The number of allylic oxidation sites excluding steroid dienone is 2. The Labute approximate surface area is 106 Å². The minimum atomic E-state index is 0.741. The molecule has 0 N–H and O–H groups in total. The molecule has 3 atom stereocenters. The van der Waals surface area contributed by atoms with Crippen LogP contribution in [0.1, 0.15) is 39.5 Å². The van der Waals surface area contributed by atoms with Gasteiger partial charge >= 0.3 is 0 Å². The number of hydrogen-bond acceptors (Lipinski definition) is 2. The van der Waals surface area contributed by atoms with Crippen molar-refractivity contribution in [2.45, 2.75) is 39.5 Å². The quantitative estimate of drug-likeness (QED) is 0.404. The summed E-state index contributed by atoms with van der Waals surface area (Å²) in [4.78, 5) is 0. The average Bonchev–Trinajstić information content (AvgIpc) is 2.27. The molecular formula is C14H26OS. The molecule has 0 radical (unpaired) electrons. The molecule has 0 fully saturated rings. The van der Waals surface area contributed by atoms with Gasteiger partial charge in [0, 0.05) is 13.2 Å². The highest BCUT2D eigenvalue weighted by Gasteiger charge is 2.18. The summed E-state index contributed by atoms with van der Waals surface area (Å²) in [6, 6.07) is 0. The van der Waals surface area contributed by atoms with E-state index in [0.29, 0.717) is 0 Å². The molecule has 1 rings (SSSR count). The second-order valence-corrected chi connectivity index (χ2v) is 5.61. The number of ether oxygens (including phenoxy) is 1. The van der Waals surface area contributed by atoms with Crippen LogP contribution in [0.4, 0.5) is 0 Å². The van der Waals surface area contributed by atoms with Crippen molar-refractivity contribution < 1.29 is 4.74 Å². The van der Waals surface area contributed by atoms with E-state index in [2.05, 4.69) is 38.6 Å². The predicted octanol–water partition coefficient (Wildman–Crippen LogP) is 3.95. The van der Waals surface area contributed by atoms with Gasteiger partial charge in [-0.05, 0) is 49.2 Å². The second kappa shape index (κ2) is 8.19. The van der Waals surface area contributed by atoms with Crippen molar-refractivity contribution >= 4 is 12.6 Å². The molecule has 0 saturated heterocycles. The fraction of sp³-hybridized carbons (Fsp3) is 0.857. The Morgan fingerprint density at radius 1 is 1.31 bits per heavy atom. The van der Waals surface area contributed by atoms with Gasteiger partial charge in [-0.2, -0.15) is 12.6 Å². The first-order chi connectivity index (χ1) is 7.74. The molecule has 2 heteroatoms. The van der Waals surface area contributed by atoms with Crippen LogP contribution in [0.5, 0.6) is 0 Å². The molecule has 0 bridgehead atoms. The summed E-state index contributed by atoms with van der Waals surface area (Å²) in [5.74, 6) is 3.28. The first kappa shape index (κ1) is 14.1. The highest BCUT2D eigenvalue weighted by Crippen LogP contribution is 2.25. The monoisotopic (exact) mass is 242 g/mol. The van der Waals surface area contributed by atoms with Gasteiger partial charge in [0.15, 0.2) is 0 Å². The molecule has 3 unspecified atom stereocenters. The van der Waals surface area contributed by atoms with E-state index < -0.39 is 0 Å². The molecule has 0 spiro atoms. The first-order valence-corrected chi connectivity index (χ1v) is 7.21. The topological polar surface area (TPSA) is 9.23 Å². The maximum atomic E-state index is 5.80. The maximum Gasteiger partial charge on any atom is 0.0499 e. The normalized spacial score (nSPS) is 26.9. The fourth-order valence-corrected chi connectivity index (χ4v) is 2.56. The summed E-state index contributed by atoms with van der Waals surface area (Å²) in [5, 5.41) is 0. The zero-order chi connectivity index (χ0) is 11.8. The van der Waals surface area contributed by atoms with E-state index in [1.54, 1.807) is 0 Å². The van der Waals surface area contributed by atoms with Crippen LogP contribution in [-0.2, 0) is 4.74 Å². The first-order valence-electron chi connectivity index (χ1n) is 6.57. The van der Waals surface area contributed by atoms with Crippen LogP contribution in [0.2, 0.25) is 0 Å². The third kappa shape index (κ3) is 5.40. The Hall–Kier alpha value is 0.0500. The Morgan fingerprint density at radius 3 is 2.75 bits per heavy atom.